The lowest BCUT2D eigenvalue weighted by Gasteiger charge is -2.46. The topological polar surface area (TPSA) is 6.48 Å². The van der Waals surface area contributed by atoms with Gasteiger partial charge in [-0.3, -0.25) is 0 Å². The van der Waals surface area contributed by atoms with Crippen molar-refractivity contribution in [2.45, 2.75) is 6.92 Å². The molecule has 3 heteroatoms. The van der Waals surface area contributed by atoms with Crippen LogP contribution in [0.2, 0.25) is 0 Å². The van der Waals surface area contributed by atoms with E-state index in [1.54, 1.807) is 0 Å². The molecule has 0 fully saturated rings. The van der Waals surface area contributed by atoms with E-state index in [0.717, 1.165) is 0 Å². The van der Waals surface area contributed by atoms with Gasteiger partial charge in [-0.25, -0.2) is 0 Å². The SMILES string of the molecule is Cc1ccc(N2B3c4ccccc4N(c4c(-c5ccccc5)ccc5ccccc45)c4cccc(c43)-c3ccccc32)cc1. The Bertz CT molecular complexity index is 2200. The second-order valence-electron chi connectivity index (χ2n) is 11.8. The van der Waals surface area contributed by atoms with E-state index >= 15 is 0 Å². The van der Waals surface area contributed by atoms with E-state index in [4.69, 9.17) is 0 Å². The highest BCUT2D eigenvalue weighted by atomic mass is 15.2. The first kappa shape index (κ1) is 25.0. The Morgan fingerprint density at radius 2 is 1.16 bits per heavy atom. The number of hydrogen-bond donors (Lipinski definition) is 0. The Kier molecular flexibility index (Phi) is 5.54. The Morgan fingerprint density at radius 1 is 0.477 bits per heavy atom. The van der Waals surface area contributed by atoms with Crippen LogP contribution in [0.15, 0.2) is 158 Å². The molecule has 0 bridgehead atoms. The average Bonchev–Trinajstić information content (AvgIpc) is 3.09. The van der Waals surface area contributed by atoms with Crippen LogP contribution in [0.3, 0.4) is 0 Å². The molecule has 0 aliphatic carbocycles. The van der Waals surface area contributed by atoms with Gasteiger partial charge in [0.1, 0.15) is 0 Å². The number of benzene rings is 7. The zero-order valence-electron chi connectivity index (χ0n) is 24.5. The molecule has 0 N–H and O–H groups in total. The lowest BCUT2D eigenvalue weighted by atomic mass is 9.43. The predicted molar refractivity (Wildman–Crippen MR) is 188 cm³/mol. The molecule has 7 aromatic carbocycles. The van der Waals surface area contributed by atoms with E-state index in [-0.39, 0.29) is 6.85 Å². The number of hydrogen-bond acceptors (Lipinski definition) is 2. The summed E-state index contributed by atoms with van der Waals surface area (Å²) >= 11 is 0. The number of para-hydroxylation sites is 2. The first-order chi connectivity index (χ1) is 21.8. The number of anilines is 5. The molecular formula is C41H29BN2. The minimum atomic E-state index is 0.0291. The third-order valence-electron chi connectivity index (χ3n) is 9.30. The van der Waals surface area contributed by atoms with Crippen molar-refractivity contribution in [2.24, 2.45) is 0 Å². The first-order valence-electron chi connectivity index (χ1n) is 15.3. The van der Waals surface area contributed by atoms with Crippen LogP contribution in [0.25, 0.3) is 33.0 Å². The van der Waals surface area contributed by atoms with Gasteiger partial charge < -0.3 is 9.71 Å². The molecule has 0 saturated heterocycles. The van der Waals surface area contributed by atoms with Crippen LogP contribution in [0.4, 0.5) is 28.4 Å². The molecular weight excluding hydrogens is 531 g/mol. The molecule has 9 rings (SSSR count). The molecule has 2 nitrogen and oxygen atoms in total. The maximum absolute atomic E-state index is 2.55. The quantitative estimate of drug-likeness (QED) is 0.199. The van der Waals surface area contributed by atoms with Crippen molar-refractivity contribution in [2.75, 3.05) is 9.71 Å². The minimum absolute atomic E-state index is 0.0291. The Morgan fingerprint density at radius 3 is 2.02 bits per heavy atom. The van der Waals surface area contributed by atoms with Crippen LogP contribution in [0.5, 0.6) is 0 Å². The van der Waals surface area contributed by atoms with Crippen LogP contribution in [0, 0.1) is 6.92 Å². The van der Waals surface area contributed by atoms with Crippen LogP contribution < -0.4 is 20.6 Å². The van der Waals surface area contributed by atoms with Crippen LogP contribution in [-0.2, 0) is 0 Å². The molecule has 0 atom stereocenters. The van der Waals surface area contributed by atoms with Gasteiger partial charge in [-0.1, -0.05) is 133 Å². The number of fused-ring (bicyclic) bond motifs is 5. The zero-order chi connectivity index (χ0) is 29.2. The van der Waals surface area contributed by atoms with Crippen LogP contribution in [-0.4, -0.2) is 6.85 Å². The van der Waals surface area contributed by atoms with E-state index in [2.05, 4.69) is 174 Å². The third kappa shape index (κ3) is 3.63. The largest absolute Gasteiger partial charge is 0.376 e. The molecule has 0 amide bonds. The molecule has 206 valence electrons. The summed E-state index contributed by atoms with van der Waals surface area (Å²) in [5.41, 5.74) is 15.0. The highest BCUT2D eigenvalue weighted by molar-refractivity contribution is 6.93. The summed E-state index contributed by atoms with van der Waals surface area (Å²) < 4.78 is 0. The van der Waals surface area contributed by atoms with E-state index in [9.17, 15) is 0 Å². The van der Waals surface area contributed by atoms with Gasteiger partial charge in [0.05, 0.1) is 5.69 Å². The lowest BCUT2D eigenvalue weighted by molar-refractivity contribution is 1.28. The molecule has 0 spiro atoms. The number of aryl methyl sites for hydroxylation is 1. The molecule has 0 radical (unpaired) electrons. The van der Waals surface area contributed by atoms with Gasteiger partial charge in [-0.15, -0.1) is 0 Å². The highest BCUT2D eigenvalue weighted by Gasteiger charge is 2.45. The van der Waals surface area contributed by atoms with Gasteiger partial charge in [0.25, 0.3) is 0 Å². The number of rotatable bonds is 3. The van der Waals surface area contributed by atoms with Gasteiger partial charge in [0, 0.05) is 39.3 Å². The van der Waals surface area contributed by atoms with Gasteiger partial charge >= 0.3 is 6.85 Å². The van der Waals surface area contributed by atoms with Gasteiger partial charge in [0.15, 0.2) is 0 Å². The molecule has 0 saturated carbocycles. The summed E-state index contributed by atoms with van der Waals surface area (Å²) in [6, 6.07) is 57.9. The normalized spacial score (nSPS) is 13.0. The maximum Gasteiger partial charge on any atom is 0.333 e. The Hall–Kier alpha value is -5.54. The summed E-state index contributed by atoms with van der Waals surface area (Å²) in [5.74, 6) is 0. The Labute approximate surface area is 258 Å². The Balaban J connectivity index is 1.40. The van der Waals surface area contributed by atoms with E-state index in [1.807, 2.05) is 0 Å². The second-order valence-corrected chi connectivity index (χ2v) is 11.8. The maximum atomic E-state index is 2.55. The fourth-order valence-corrected chi connectivity index (χ4v) is 7.38. The summed E-state index contributed by atoms with van der Waals surface area (Å²) in [5, 5.41) is 2.48. The van der Waals surface area contributed by atoms with Gasteiger partial charge in [-0.05, 0) is 64.7 Å². The standard InChI is InChI=1S/C41H29BN2/c1-28-22-25-31(26-23-28)44-37-19-9-7-16-34(37)35-17-11-21-39-40(35)42(44)36-18-8-10-20-38(36)43(39)41-32-15-6-5-14-30(32)24-27-33(41)29-12-3-2-4-13-29/h2-27H,1H3. The van der Waals surface area contributed by atoms with Gasteiger partial charge in [0.2, 0.25) is 0 Å². The molecule has 0 unspecified atom stereocenters. The minimum Gasteiger partial charge on any atom is -0.376 e. The molecule has 2 heterocycles. The number of nitrogens with zero attached hydrogens (tertiary/aromatic N) is 2. The van der Waals surface area contributed by atoms with Crippen molar-refractivity contribution in [1.29, 1.82) is 0 Å². The fraction of sp³-hybridized carbons (Fsp3) is 0.0244. The van der Waals surface area contributed by atoms with Crippen molar-refractivity contribution in [1.82, 2.24) is 0 Å². The van der Waals surface area contributed by atoms with E-state index < -0.39 is 0 Å². The highest BCUT2D eigenvalue weighted by Crippen LogP contribution is 2.49. The summed E-state index contributed by atoms with van der Waals surface area (Å²) in [4.78, 5) is 5.09. The summed E-state index contributed by atoms with van der Waals surface area (Å²) in [6.45, 7) is 2.19. The third-order valence-corrected chi connectivity index (χ3v) is 9.30. The fourth-order valence-electron chi connectivity index (χ4n) is 7.38. The van der Waals surface area contributed by atoms with Crippen molar-refractivity contribution in [3.05, 3.63) is 163 Å². The molecule has 7 aromatic rings. The predicted octanol–water partition coefficient (Wildman–Crippen LogP) is 9.52. The van der Waals surface area contributed by atoms with Crippen LogP contribution >= 0.6 is 0 Å². The average molecular weight is 561 g/mol. The van der Waals surface area contributed by atoms with Crippen molar-refractivity contribution in [3.63, 3.8) is 0 Å². The van der Waals surface area contributed by atoms with Gasteiger partial charge in [-0.2, -0.15) is 0 Å². The smallest absolute Gasteiger partial charge is 0.333 e. The molecule has 2 aliphatic heterocycles. The first-order valence-corrected chi connectivity index (χ1v) is 15.3. The lowest BCUT2D eigenvalue weighted by Crippen LogP contribution is -2.61. The molecule has 44 heavy (non-hydrogen) atoms. The van der Waals surface area contributed by atoms with Crippen LogP contribution in [0.1, 0.15) is 5.56 Å². The van der Waals surface area contributed by atoms with Crippen molar-refractivity contribution in [3.8, 4) is 22.3 Å². The molecule has 2 aliphatic rings. The second kappa shape index (κ2) is 9.75. The monoisotopic (exact) mass is 560 g/mol. The zero-order valence-corrected chi connectivity index (χ0v) is 24.5. The van der Waals surface area contributed by atoms with E-state index in [1.165, 1.54) is 78.0 Å². The summed E-state index contributed by atoms with van der Waals surface area (Å²) in [6.07, 6.45) is 0. The van der Waals surface area contributed by atoms with E-state index in [0.29, 0.717) is 0 Å². The van der Waals surface area contributed by atoms with Crippen molar-refractivity contribution >= 4 is 57.0 Å². The summed E-state index contributed by atoms with van der Waals surface area (Å²) in [7, 11) is 0. The van der Waals surface area contributed by atoms with Crippen molar-refractivity contribution < 1.29 is 0 Å². The molecule has 0 aromatic heterocycles.